The highest BCUT2D eigenvalue weighted by Gasteiger charge is 2.22. The third-order valence-corrected chi connectivity index (χ3v) is 6.62. The van der Waals surface area contributed by atoms with Crippen molar-refractivity contribution in [1.29, 1.82) is 0 Å². The van der Waals surface area contributed by atoms with Crippen LogP contribution in [0.5, 0.6) is 5.75 Å². The summed E-state index contributed by atoms with van der Waals surface area (Å²) in [6, 6.07) is 9.59. The maximum atomic E-state index is 8.91. The zero-order chi connectivity index (χ0) is 22.3. The lowest BCUT2D eigenvalue weighted by Gasteiger charge is -2.17. The summed E-state index contributed by atoms with van der Waals surface area (Å²) in [6.45, 7) is 2.07. The molecule has 1 unspecified atom stereocenters. The number of ether oxygens (including phenoxy) is 1. The Balaban J connectivity index is 1.61. The number of benzene rings is 1. The molecule has 7 heteroatoms. The molecule has 0 spiro atoms. The fourth-order valence-electron chi connectivity index (χ4n) is 3.53. The molecular formula is C25H24ClN3O2S. The van der Waals surface area contributed by atoms with E-state index in [9.17, 15) is 0 Å². The van der Waals surface area contributed by atoms with Crippen molar-refractivity contribution in [3.05, 3.63) is 76.9 Å². The topological polar surface area (TPSA) is 60.2 Å². The Morgan fingerprint density at radius 2 is 2.25 bits per heavy atom. The maximum Gasteiger partial charge on any atom is 0.175 e. The van der Waals surface area contributed by atoms with Crippen molar-refractivity contribution in [2.75, 3.05) is 6.61 Å². The van der Waals surface area contributed by atoms with Gasteiger partial charge in [-0.05, 0) is 62.1 Å². The summed E-state index contributed by atoms with van der Waals surface area (Å²) in [4.78, 5) is 8.94. The van der Waals surface area contributed by atoms with Crippen LogP contribution in [0, 0.1) is 18.8 Å². The van der Waals surface area contributed by atoms with E-state index in [1.165, 1.54) is 6.42 Å². The molecule has 5 nitrogen and oxygen atoms in total. The van der Waals surface area contributed by atoms with Crippen LogP contribution in [-0.4, -0.2) is 31.5 Å². The molecule has 1 N–H and O–H groups in total. The van der Waals surface area contributed by atoms with Crippen molar-refractivity contribution < 1.29 is 9.84 Å². The van der Waals surface area contributed by atoms with Crippen LogP contribution < -0.4 is 4.74 Å². The number of nitrogens with zero attached hydrogens (tertiary/aromatic N) is 3. The largest absolute Gasteiger partial charge is 0.487 e. The molecule has 1 aliphatic rings. The first kappa shape index (κ1) is 22.5. The van der Waals surface area contributed by atoms with Crippen LogP contribution in [0.1, 0.15) is 36.1 Å². The number of halogens is 1. The number of allylic oxidation sites excluding steroid dienone is 1. The van der Waals surface area contributed by atoms with Gasteiger partial charge >= 0.3 is 0 Å². The van der Waals surface area contributed by atoms with Gasteiger partial charge in [-0.2, -0.15) is 0 Å². The second kappa shape index (κ2) is 10.7. The Labute approximate surface area is 197 Å². The molecule has 0 fully saturated rings. The molecule has 32 heavy (non-hydrogen) atoms. The average molecular weight is 466 g/mol. The van der Waals surface area contributed by atoms with E-state index in [0.29, 0.717) is 10.4 Å². The van der Waals surface area contributed by atoms with Crippen molar-refractivity contribution in [3.8, 4) is 23.3 Å². The van der Waals surface area contributed by atoms with E-state index >= 15 is 0 Å². The van der Waals surface area contributed by atoms with Crippen LogP contribution >= 0.6 is 23.4 Å². The highest BCUT2D eigenvalue weighted by Crippen LogP contribution is 2.34. The van der Waals surface area contributed by atoms with Crippen molar-refractivity contribution >= 4 is 23.4 Å². The Hall–Kier alpha value is -2.72. The lowest BCUT2D eigenvalue weighted by molar-refractivity contribution is 0.298. The van der Waals surface area contributed by atoms with Crippen molar-refractivity contribution in [2.45, 2.75) is 43.2 Å². The lowest BCUT2D eigenvalue weighted by atomic mass is 10.1. The third kappa shape index (κ3) is 5.36. The molecule has 4 rings (SSSR count). The predicted octanol–water partition coefficient (Wildman–Crippen LogP) is 5.35. The molecule has 2 heterocycles. The van der Waals surface area contributed by atoms with Crippen LogP contribution in [0.3, 0.4) is 0 Å². The molecule has 1 aliphatic carbocycles. The van der Waals surface area contributed by atoms with Crippen LogP contribution in [0.15, 0.2) is 60.0 Å². The van der Waals surface area contributed by atoms with Gasteiger partial charge in [0.2, 0.25) is 0 Å². The molecule has 0 bridgehead atoms. The van der Waals surface area contributed by atoms with E-state index in [4.69, 9.17) is 21.4 Å². The fourth-order valence-corrected chi connectivity index (χ4v) is 5.01. The second-order valence-corrected chi connectivity index (χ2v) is 8.98. The minimum Gasteiger partial charge on any atom is -0.487 e. The fraction of sp³-hybridized carbons (Fsp3) is 0.280. The Kier molecular flexibility index (Phi) is 7.54. The van der Waals surface area contributed by atoms with Gasteiger partial charge < -0.3 is 9.84 Å². The van der Waals surface area contributed by atoms with E-state index in [1.54, 1.807) is 24.2 Å². The number of hydrogen-bond acceptors (Lipinski definition) is 5. The van der Waals surface area contributed by atoms with E-state index in [2.05, 4.69) is 34.0 Å². The Morgan fingerprint density at radius 1 is 1.34 bits per heavy atom. The van der Waals surface area contributed by atoms with Gasteiger partial charge in [-0.1, -0.05) is 47.4 Å². The minimum absolute atomic E-state index is 0.161. The summed E-state index contributed by atoms with van der Waals surface area (Å²) in [7, 11) is 0. The highest BCUT2D eigenvalue weighted by molar-refractivity contribution is 7.99. The first-order valence-corrected chi connectivity index (χ1v) is 11.8. The number of aromatic nitrogens is 3. The van der Waals surface area contributed by atoms with Gasteiger partial charge in [-0.3, -0.25) is 9.55 Å². The molecule has 0 amide bonds. The standard InChI is InChI=1S/C25H24ClN3O2S/c1-18-15-21(12-11-19(18)7-6-14-30)31-17-23-24(26)28-25(32-22-9-3-2-4-10-22)29(23)20-8-5-13-27-16-20/h3,5,8-9,11-13,15-16,22,30H,2,4,10,14,17H2,1H3. The summed E-state index contributed by atoms with van der Waals surface area (Å²) in [5, 5.41) is 10.5. The first-order valence-electron chi connectivity index (χ1n) is 10.5. The summed E-state index contributed by atoms with van der Waals surface area (Å²) in [5.41, 5.74) is 3.53. The predicted molar refractivity (Wildman–Crippen MR) is 128 cm³/mol. The molecule has 0 radical (unpaired) electrons. The second-order valence-electron chi connectivity index (χ2n) is 7.42. The molecular weight excluding hydrogens is 442 g/mol. The van der Waals surface area contributed by atoms with Gasteiger partial charge in [0.25, 0.3) is 0 Å². The average Bonchev–Trinajstić information content (AvgIpc) is 3.12. The Bertz CT molecular complexity index is 1170. The van der Waals surface area contributed by atoms with Gasteiger partial charge in [0.1, 0.15) is 24.7 Å². The smallest absolute Gasteiger partial charge is 0.175 e. The molecule has 0 saturated carbocycles. The van der Waals surface area contributed by atoms with Gasteiger partial charge in [0.05, 0.1) is 11.9 Å². The van der Waals surface area contributed by atoms with E-state index in [1.807, 2.05) is 41.8 Å². The van der Waals surface area contributed by atoms with E-state index < -0.39 is 0 Å². The van der Waals surface area contributed by atoms with E-state index in [-0.39, 0.29) is 13.2 Å². The van der Waals surface area contributed by atoms with Crippen molar-refractivity contribution in [2.24, 2.45) is 0 Å². The van der Waals surface area contributed by atoms with Gasteiger partial charge in [0.15, 0.2) is 10.3 Å². The summed E-state index contributed by atoms with van der Waals surface area (Å²) < 4.78 is 8.13. The van der Waals surface area contributed by atoms with E-state index in [0.717, 1.165) is 46.3 Å². The molecule has 164 valence electrons. The number of rotatable bonds is 6. The monoisotopic (exact) mass is 465 g/mol. The van der Waals surface area contributed by atoms with Crippen LogP contribution in [-0.2, 0) is 6.61 Å². The lowest BCUT2D eigenvalue weighted by Crippen LogP contribution is -2.09. The number of aliphatic hydroxyl groups is 1. The molecule has 0 aliphatic heterocycles. The normalized spacial score (nSPS) is 15.3. The number of aliphatic hydroxyl groups excluding tert-OH is 1. The van der Waals surface area contributed by atoms with Gasteiger partial charge in [-0.15, -0.1) is 0 Å². The Morgan fingerprint density at radius 3 is 2.97 bits per heavy atom. The molecule has 3 aromatic rings. The maximum absolute atomic E-state index is 8.91. The number of hydrogen-bond donors (Lipinski definition) is 1. The quantitative estimate of drug-likeness (QED) is 0.392. The van der Waals surface area contributed by atoms with Crippen LogP contribution in [0.25, 0.3) is 5.69 Å². The molecule has 2 aromatic heterocycles. The van der Waals surface area contributed by atoms with Crippen molar-refractivity contribution in [3.63, 3.8) is 0 Å². The number of aryl methyl sites for hydroxylation is 1. The van der Waals surface area contributed by atoms with Crippen LogP contribution in [0.2, 0.25) is 5.15 Å². The van der Waals surface area contributed by atoms with Gasteiger partial charge in [0, 0.05) is 17.0 Å². The zero-order valence-corrected chi connectivity index (χ0v) is 19.4. The van der Waals surface area contributed by atoms with Gasteiger partial charge in [-0.25, -0.2) is 4.98 Å². The highest BCUT2D eigenvalue weighted by atomic mass is 35.5. The van der Waals surface area contributed by atoms with Crippen molar-refractivity contribution in [1.82, 2.24) is 14.5 Å². The zero-order valence-electron chi connectivity index (χ0n) is 17.8. The third-order valence-electron chi connectivity index (χ3n) is 5.14. The number of imidazole rings is 1. The number of pyridine rings is 1. The summed E-state index contributed by atoms with van der Waals surface area (Å²) >= 11 is 8.31. The summed E-state index contributed by atoms with van der Waals surface area (Å²) in [6.07, 6.45) is 11.5. The minimum atomic E-state index is -0.161. The number of thioether (sulfide) groups is 1. The SMILES string of the molecule is Cc1cc(OCc2c(Cl)nc(SC3C=CCCC3)n2-c2cccnc2)ccc1C#CCO. The summed E-state index contributed by atoms with van der Waals surface area (Å²) in [5.74, 6) is 6.33. The first-order chi connectivity index (χ1) is 15.7. The molecule has 0 saturated heterocycles. The molecule has 1 atom stereocenters. The van der Waals surface area contributed by atoms with Crippen LogP contribution in [0.4, 0.5) is 0 Å². The molecule has 1 aromatic carbocycles.